The third kappa shape index (κ3) is 4.96. The summed E-state index contributed by atoms with van der Waals surface area (Å²) in [5, 5.41) is 14.8. The maximum atomic E-state index is 10.9. The molecule has 1 atom stereocenters. The topological polar surface area (TPSA) is 55.2 Å². The maximum Gasteiger partial charge on any atom is 0.275 e. The molecule has 0 amide bonds. The number of hydrogen-bond donors (Lipinski definition) is 1. The molecular weight excluding hydrogens is 316 g/mol. The summed E-state index contributed by atoms with van der Waals surface area (Å²) in [7, 11) is 0. The molecule has 0 spiro atoms. The SMILES string of the molecule is CSC(C)CCNCc1ccc(Br)cc1[N+](=O)[O-]. The fraction of sp³-hybridized carbons (Fsp3) is 0.500. The van der Waals surface area contributed by atoms with Crippen LogP contribution in [0.1, 0.15) is 18.9 Å². The van der Waals surface area contributed by atoms with Crippen molar-refractivity contribution in [3.63, 3.8) is 0 Å². The Balaban J connectivity index is 2.54. The van der Waals surface area contributed by atoms with Gasteiger partial charge >= 0.3 is 0 Å². The van der Waals surface area contributed by atoms with Gasteiger partial charge in [0.05, 0.1) is 4.92 Å². The van der Waals surface area contributed by atoms with Crippen LogP contribution in [0.3, 0.4) is 0 Å². The van der Waals surface area contributed by atoms with Gasteiger partial charge in [0.1, 0.15) is 0 Å². The normalized spacial score (nSPS) is 12.4. The molecule has 0 aliphatic rings. The van der Waals surface area contributed by atoms with Gasteiger partial charge in [-0.15, -0.1) is 0 Å². The van der Waals surface area contributed by atoms with Gasteiger partial charge in [-0.1, -0.05) is 22.9 Å². The lowest BCUT2D eigenvalue weighted by Gasteiger charge is -2.09. The predicted molar refractivity (Wildman–Crippen MR) is 80.1 cm³/mol. The minimum atomic E-state index is -0.341. The van der Waals surface area contributed by atoms with Gasteiger partial charge in [-0.2, -0.15) is 11.8 Å². The van der Waals surface area contributed by atoms with E-state index in [0.717, 1.165) is 23.0 Å². The van der Waals surface area contributed by atoms with Crippen molar-refractivity contribution in [3.8, 4) is 0 Å². The van der Waals surface area contributed by atoms with Gasteiger partial charge in [-0.25, -0.2) is 0 Å². The number of benzene rings is 1. The lowest BCUT2D eigenvalue weighted by molar-refractivity contribution is -0.385. The van der Waals surface area contributed by atoms with E-state index in [1.165, 1.54) is 0 Å². The fourth-order valence-corrected chi connectivity index (χ4v) is 2.21. The molecule has 1 aromatic rings. The van der Waals surface area contributed by atoms with Crippen LogP contribution in [0.2, 0.25) is 0 Å². The molecule has 0 aromatic heterocycles. The van der Waals surface area contributed by atoms with Crippen molar-refractivity contribution in [1.82, 2.24) is 5.32 Å². The second kappa shape index (κ2) is 7.76. The van der Waals surface area contributed by atoms with Crippen LogP contribution in [0.25, 0.3) is 0 Å². The Morgan fingerprint density at radius 2 is 2.28 bits per heavy atom. The largest absolute Gasteiger partial charge is 0.312 e. The summed E-state index contributed by atoms with van der Waals surface area (Å²) >= 11 is 5.07. The summed E-state index contributed by atoms with van der Waals surface area (Å²) in [6, 6.07) is 5.16. The number of nitro benzene ring substituents is 1. The fourth-order valence-electron chi connectivity index (χ4n) is 1.50. The number of rotatable bonds is 7. The van der Waals surface area contributed by atoms with Crippen molar-refractivity contribution in [2.24, 2.45) is 0 Å². The molecule has 1 rings (SSSR count). The van der Waals surface area contributed by atoms with Crippen LogP contribution in [-0.2, 0) is 6.54 Å². The highest BCUT2D eigenvalue weighted by molar-refractivity contribution is 9.10. The maximum absolute atomic E-state index is 10.9. The third-order valence-electron chi connectivity index (χ3n) is 2.69. The first-order chi connectivity index (χ1) is 8.54. The van der Waals surface area contributed by atoms with Crippen LogP contribution >= 0.6 is 27.7 Å². The van der Waals surface area contributed by atoms with Crippen molar-refractivity contribution in [2.75, 3.05) is 12.8 Å². The van der Waals surface area contributed by atoms with Crippen molar-refractivity contribution in [2.45, 2.75) is 25.1 Å². The second-order valence-electron chi connectivity index (χ2n) is 4.04. The second-order valence-corrected chi connectivity index (χ2v) is 6.23. The summed E-state index contributed by atoms with van der Waals surface area (Å²) in [5.74, 6) is 0. The van der Waals surface area contributed by atoms with Gasteiger partial charge < -0.3 is 5.32 Å². The molecule has 1 aromatic carbocycles. The lowest BCUT2D eigenvalue weighted by atomic mass is 10.2. The molecular formula is C12H17BrN2O2S. The Labute approximate surface area is 120 Å². The van der Waals surface area contributed by atoms with E-state index in [4.69, 9.17) is 0 Å². The summed E-state index contributed by atoms with van der Waals surface area (Å²) < 4.78 is 0.731. The molecule has 0 saturated carbocycles. The molecule has 0 aliphatic carbocycles. The number of nitrogens with zero attached hydrogens (tertiary/aromatic N) is 1. The standard InChI is InChI=1S/C12H17BrN2O2S/c1-9(18-2)5-6-14-8-10-3-4-11(13)7-12(10)15(16)17/h3-4,7,9,14H,5-6,8H2,1-2H3. The van der Waals surface area contributed by atoms with Gasteiger partial charge in [-0.3, -0.25) is 10.1 Å². The Morgan fingerprint density at radius 1 is 1.56 bits per heavy atom. The molecule has 6 heteroatoms. The van der Waals surface area contributed by atoms with Crippen LogP contribution in [0.5, 0.6) is 0 Å². The average Bonchev–Trinajstić information content (AvgIpc) is 2.35. The highest BCUT2D eigenvalue weighted by Crippen LogP contribution is 2.23. The Hall–Kier alpha value is -0.590. The van der Waals surface area contributed by atoms with Crippen LogP contribution in [0, 0.1) is 10.1 Å². The number of thioether (sulfide) groups is 1. The number of halogens is 1. The number of nitrogens with one attached hydrogen (secondary N) is 1. The lowest BCUT2D eigenvalue weighted by Crippen LogP contribution is -2.18. The molecule has 0 saturated heterocycles. The van der Waals surface area contributed by atoms with E-state index in [1.54, 1.807) is 12.1 Å². The first-order valence-electron chi connectivity index (χ1n) is 5.71. The molecule has 100 valence electrons. The molecule has 1 unspecified atom stereocenters. The quantitative estimate of drug-likeness (QED) is 0.471. The third-order valence-corrected chi connectivity index (χ3v) is 4.22. The van der Waals surface area contributed by atoms with Crippen LogP contribution in [0.4, 0.5) is 5.69 Å². The van der Waals surface area contributed by atoms with Gasteiger partial charge in [0.2, 0.25) is 0 Å². The molecule has 0 heterocycles. The number of nitro groups is 1. The monoisotopic (exact) mass is 332 g/mol. The van der Waals surface area contributed by atoms with Gasteiger partial charge in [0.25, 0.3) is 5.69 Å². The van der Waals surface area contributed by atoms with E-state index in [0.29, 0.717) is 11.8 Å². The van der Waals surface area contributed by atoms with Crippen LogP contribution in [-0.4, -0.2) is 23.0 Å². The molecule has 0 aliphatic heterocycles. The zero-order chi connectivity index (χ0) is 13.5. The van der Waals surface area contributed by atoms with E-state index in [2.05, 4.69) is 34.4 Å². The number of hydrogen-bond acceptors (Lipinski definition) is 4. The summed E-state index contributed by atoms with van der Waals surface area (Å²) in [6.07, 6.45) is 3.15. The van der Waals surface area contributed by atoms with Crippen LogP contribution in [0.15, 0.2) is 22.7 Å². The van der Waals surface area contributed by atoms with Gasteiger partial charge in [0.15, 0.2) is 0 Å². The molecule has 18 heavy (non-hydrogen) atoms. The molecule has 4 nitrogen and oxygen atoms in total. The van der Waals surface area contributed by atoms with Crippen molar-refractivity contribution in [3.05, 3.63) is 38.3 Å². The summed E-state index contributed by atoms with van der Waals surface area (Å²) in [4.78, 5) is 10.6. The van der Waals surface area contributed by atoms with E-state index in [-0.39, 0.29) is 10.6 Å². The molecule has 0 bridgehead atoms. The minimum Gasteiger partial charge on any atom is -0.312 e. The van der Waals surface area contributed by atoms with Crippen LogP contribution < -0.4 is 5.32 Å². The van der Waals surface area contributed by atoms with Crippen molar-refractivity contribution >= 4 is 33.4 Å². The van der Waals surface area contributed by atoms with E-state index >= 15 is 0 Å². The Kier molecular flexibility index (Phi) is 6.67. The smallest absolute Gasteiger partial charge is 0.275 e. The van der Waals surface area contributed by atoms with Gasteiger partial charge in [0, 0.05) is 27.9 Å². The van der Waals surface area contributed by atoms with E-state index in [9.17, 15) is 10.1 Å². The zero-order valence-corrected chi connectivity index (χ0v) is 12.9. The molecule has 0 fully saturated rings. The van der Waals surface area contributed by atoms with Crippen molar-refractivity contribution < 1.29 is 4.92 Å². The highest BCUT2D eigenvalue weighted by Gasteiger charge is 2.13. The van der Waals surface area contributed by atoms with Gasteiger partial charge in [-0.05, 0) is 31.4 Å². The summed E-state index contributed by atoms with van der Waals surface area (Å²) in [6.45, 7) is 3.58. The zero-order valence-electron chi connectivity index (χ0n) is 10.5. The first-order valence-corrected chi connectivity index (χ1v) is 7.79. The summed E-state index contributed by atoms with van der Waals surface area (Å²) in [5.41, 5.74) is 0.884. The molecule has 1 N–H and O–H groups in total. The Bertz CT molecular complexity index is 415. The minimum absolute atomic E-state index is 0.162. The van der Waals surface area contributed by atoms with E-state index in [1.807, 2.05) is 17.8 Å². The predicted octanol–water partition coefficient (Wildman–Crippen LogP) is 3.59. The molecule has 0 radical (unpaired) electrons. The Morgan fingerprint density at radius 3 is 2.89 bits per heavy atom. The first kappa shape index (κ1) is 15.5. The highest BCUT2D eigenvalue weighted by atomic mass is 79.9. The van der Waals surface area contributed by atoms with E-state index < -0.39 is 0 Å². The van der Waals surface area contributed by atoms with Crippen molar-refractivity contribution in [1.29, 1.82) is 0 Å². The average molecular weight is 333 g/mol.